The van der Waals surface area contributed by atoms with Gasteiger partial charge in [-0.05, 0) is 112 Å². The van der Waals surface area contributed by atoms with Gasteiger partial charge in [-0.3, -0.25) is 59.9 Å². The molecule has 51 heteroatoms. The van der Waals surface area contributed by atoms with Crippen LogP contribution in [-0.4, -0.2) is 185 Å². The van der Waals surface area contributed by atoms with Crippen molar-refractivity contribution in [3.05, 3.63) is 181 Å². The second-order valence-corrected chi connectivity index (χ2v) is 22.7. The maximum atomic E-state index is 8.49. The predicted octanol–water partition coefficient (Wildman–Crippen LogP) is -21.9. The third-order valence-electron chi connectivity index (χ3n) is 9.47. The molecule has 0 unspecified atom stereocenters. The molecular weight excluding hydrogens is 1750 g/mol. The number of rotatable bonds is 30. The largest absolute Gasteiger partial charge is 2.00 e. The molecule has 42 nitrogen and oxygen atoms in total. The number of nitrogens with one attached hydrogen (secondary N) is 6. The third kappa shape index (κ3) is 154. The maximum absolute atomic E-state index is 8.49. The fourth-order valence-electron chi connectivity index (χ4n) is 5.58. The van der Waals surface area contributed by atoms with Gasteiger partial charge in [0.1, 0.15) is 0 Å². The standard InChI is InChI=1S/6C10H15N3.6ClHO4.3Ni/c6*1-2-11-7-8-12-9-10-5-3-4-6-13-10;6*2-1(3,4)5;;;/h6*3-6,9,11H,2,7-8H2,1H3;6*(H,2,3,4,5);;;/q;;;;;;;;;;;;3*+2/p-6. The number of likely N-dealkylation sites (N-methyl/N-ethyl adjacent to an activating group) is 6. The van der Waals surface area contributed by atoms with Crippen molar-refractivity contribution in [3.8, 4) is 0 Å². The first-order valence-corrected chi connectivity index (χ1v) is 38.4. The van der Waals surface area contributed by atoms with Crippen LogP contribution in [0.25, 0.3) is 0 Å². The molecule has 6 aromatic heterocycles. The van der Waals surface area contributed by atoms with Crippen molar-refractivity contribution in [3.63, 3.8) is 0 Å². The zero-order valence-corrected chi connectivity index (χ0v) is 67.9. The number of halogens is 6. The average Bonchev–Trinajstić information content (AvgIpc) is 0.995. The van der Waals surface area contributed by atoms with Crippen molar-refractivity contribution in [2.45, 2.75) is 41.5 Å². The van der Waals surface area contributed by atoms with E-state index in [1.165, 1.54) is 0 Å². The van der Waals surface area contributed by atoms with Crippen molar-refractivity contribution in [1.82, 2.24) is 61.8 Å². The maximum Gasteiger partial charge on any atom is 2.00 e. The minimum atomic E-state index is -4.94. The Kier molecular flexibility index (Phi) is 96.0. The molecule has 0 saturated heterocycles. The van der Waals surface area contributed by atoms with E-state index in [1.807, 2.05) is 109 Å². The first kappa shape index (κ1) is 124. The van der Waals surface area contributed by atoms with Crippen LogP contribution >= 0.6 is 0 Å². The Morgan fingerprint density at radius 1 is 0.225 bits per heavy atom. The minimum Gasteiger partial charge on any atom is -0.315 e. The summed E-state index contributed by atoms with van der Waals surface area (Å²) in [5.74, 6) is 0. The topological polar surface area (TPSA) is 777 Å². The fourth-order valence-corrected chi connectivity index (χ4v) is 5.58. The van der Waals surface area contributed by atoms with Gasteiger partial charge < -0.3 is 31.9 Å². The van der Waals surface area contributed by atoms with Crippen LogP contribution in [-0.2, 0) is 49.5 Å². The Hall–Kier alpha value is -5.06. The van der Waals surface area contributed by atoms with Crippen molar-refractivity contribution in [2.75, 3.05) is 118 Å². The molecule has 0 bridgehead atoms. The number of hydrogen-bond acceptors (Lipinski definition) is 42. The van der Waals surface area contributed by atoms with Crippen molar-refractivity contribution in [1.29, 1.82) is 0 Å². The monoisotopic (exact) mass is 1830 g/mol. The first-order valence-electron chi connectivity index (χ1n) is 31.0. The third-order valence-corrected chi connectivity index (χ3v) is 9.47. The van der Waals surface area contributed by atoms with Gasteiger partial charge in [0.25, 0.3) is 0 Å². The molecule has 0 aliphatic rings. The quantitative estimate of drug-likeness (QED) is 0.0139. The summed E-state index contributed by atoms with van der Waals surface area (Å²) in [5, 5.41) is 19.2. The predicted molar refractivity (Wildman–Crippen MR) is 331 cm³/mol. The summed E-state index contributed by atoms with van der Waals surface area (Å²) in [6, 6.07) is 34.8. The van der Waals surface area contributed by atoms with Crippen LogP contribution in [0.3, 0.4) is 0 Å². The summed E-state index contributed by atoms with van der Waals surface area (Å²) in [6.07, 6.45) is 21.4. The number of hydrogen-bond donors (Lipinski definition) is 6. The first-order chi connectivity index (χ1) is 50.6. The van der Waals surface area contributed by atoms with E-state index in [9.17, 15) is 0 Å². The second-order valence-electron chi connectivity index (χ2n) is 18.1. The van der Waals surface area contributed by atoms with E-state index in [1.54, 1.807) is 74.5 Å². The Labute approximate surface area is 687 Å². The Balaban J connectivity index is -0.000000149. The van der Waals surface area contributed by atoms with Gasteiger partial charge in [0.05, 0.1) is 73.4 Å². The molecule has 636 valence electrons. The van der Waals surface area contributed by atoms with Gasteiger partial charge >= 0.3 is 49.5 Å². The van der Waals surface area contributed by atoms with Gasteiger partial charge in [-0.25, -0.2) is 112 Å². The molecule has 0 saturated carbocycles. The van der Waals surface area contributed by atoms with E-state index in [2.05, 4.69) is 133 Å². The molecule has 0 amide bonds. The zero-order valence-electron chi connectivity index (χ0n) is 60.4. The molecule has 111 heavy (non-hydrogen) atoms. The van der Waals surface area contributed by atoms with E-state index in [0.717, 1.165) is 152 Å². The van der Waals surface area contributed by atoms with Gasteiger partial charge in [-0.15, -0.1) is 61.5 Å². The van der Waals surface area contributed by atoms with E-state index in [4.69, 9.17) is 112 Å². The molecule has 0 aliphatic carbocycles. The van der Waals surface area contributed by atoms with Crippen LogP contribution < -0.4 is 144 Å². The van der Waals surface area contributed by atoms with E-state index in [0.29, 0.717) is 0 Å². The molecule has 6 aromatic rings. The number of aliphatic imine (C=N–C) groups is 6. The van der Waals surface area contributed by atoms with Crippen molar-refractivity contribution >= 4 is 37.3 Å². The second kappa shape index (κ2) is 85.8. The van der Waals surface area contributed by atoms with Gasteiger partial charge in [0.15, 0.2) is 0 Å². The number of aromatic nitrogens is 6. The van der Waals surface area contributed by atoms with Crippen LogP contribution in [0.2, 0.25) is 0 Å². The molecule has 0 atom stereocenters. The van der Waals surface area contributed by atoms with E-state index in [-0.39, 0.29) is 49.5 Å². The fraction of sp³-hybridized carbons (Fsp3) is 0.400. The summed E-state index contributed by atoms with van der Waals surface area (Å²) in [6.45, 7) is 29.0. The molecule has 0 spiro atoms. The van der Waals surface area contributed by atoms with Crippen LogP contribution in [0.15, 0.2) is 176 Å². The molecule has 0 radical (unpaired) electrons. The summed E-state index contributed by atoms with van der Waals surface area (Å²) < 4.78 is 204. The Morgan fingerprint density at radius 2 is 0.333 bits per heavy atom. The zero-order chi connectivity index (χ0) is 83.1. The normalized spacial score (nSPS) is 10.9. The minimum absolute atomic E-state index is 0. The Morgan fingerprint density at radius 3 is 0.414 bits per heavy atom. The summed E-state index contributed by atoms with van der Waals surface area (Å²) >= 11 is 0. The summed E-state index contributed by atoms with van der Waals surface area (Å²) in [5.41, 5.74) is 5.49. The van der Waals surface area contributed by atoms with Crippen molar-refractivity contribution in [2.24, 2.45) is 30.0 Å². The SMILES string of the molecule is CCNCCN=Cc1ccccn1.CCNCCN=Cc1ccccn1.CCNCCN=Cc1ccccn1.CCNCCN=Cc1ccccn1.CCNCCN=Cc1ccccn1.CCNCCN=Cc1ccccn1.[Ni+2].[Ni+2].[Ni+2].[O-][Cl+3]([O-])([O-])[O-].[O-][Cl+3]([O-])([O-])[O-].[O-][Cl+3]([O-])([O-])[O-].[O-][Cl+3]([O-])([O-])[O-].[O-][Cl+3]([O-])([O-])[O-].[O-][Cl+3]([O-])([O-])[O-]. The summed E-state index contributed by atoms with van der Waals surface area (Å²) in [4.78, 5) is 50.1. The number of pyridine rings is 6. The van der Waals surface area contributed by atoms with Crippen LogP contribution in [0, 0.1) is 61.5 Å². The van der Waals surface area contributed by atoms with Gasteiger partial charge in [-0.1, -0.05) is 77.9 Å². The molecule has 0 aliphatic heterocycles. The van der Waals surface area contributed by atoms with Gasteiger partial charge in [-0.2, -0.15) is 0 Å². The van der Waals surface area contributed by atoms with Gasteiger partial charge in [0.2, 0.25) is 0 Å². The molecular formula is C60H90Cl6N18Ni3O24. The molecule has 6 rings (SSSR count). The van der Waals surface area contributed by atoms with Crippen LogP contribution in [0.4, 0.5) is 0 Å². The molecule has 0 aromatic carbocycles. The van der Waals surface area contributed by atoms with Gasteiger partial charge in [0, 0.05) is 114 Å². The van der Waals surface area contributed by atoms with E-state index < -0.39 is 61.5 Å². The van der Waals surface area contributed by atoms with Crippen LogP contribution in [0.5, 0.6) is 0 Å². The summed E-state index contributed by atoms with van der Waals surface area (Å²) in [7, 11) is -29.7. The molecule has 6 N–H and O–H groups in total. The Bertz CT molecular complexity index is 2490. The van der Waals surface area contributed by atoms with Crippen molar-refractivity contribution < 1.29 is 223 Å². The average molecular weight is 1840 g/mol. The van der Waals surface area contributed by atoms with Crippen LogP contribution in [0.1, 0.15) is 75.7 Å². The van der Waals surface area contributed by atoms with E-state index >= 15 is 0 Å². The molecule has 0 fully saturated rings. The molecule has 6 heterocycles. The smallest absolute Gasteiger partial charge is 0.315 e. The number of nitrogens with zero attached hydrogens (tertiary/aromatic N) is 12.